The number of hydrogen-bond donors (Lipinski definition) is 1. The van der Waals surface area contributed by atoms with Gasteiger partial charge < -0.3 is 10.1 Å². The van der Waals surface area contributed by atoms with Crippen LogP contribution in [0.15, 0.2) is 0 Å². The van der Waals surface area contributed by atoms with Gasteiger partial charge in [0.15, 0.2) is 0 Å². The SMILES string of the molecule is CNC1C(CN2CCOCC2)CCCC1(C)C. The Bertz CT molecular complexity index is 236. The molecule has 1 saturated carbocycles. The Morgan fingerprint density at radius 2 is 2.00 bits per heavy atom. The summed E-state index contributed by atoms with van der Waals surface area (Å²) >= 11 is 0. The summed E-state index contributed by atoms with van der Waals surface area (Å²) in [6.45, 7) is 10.2. The van der Waals surface area contributed by atoms with Crippen LogP contribution in [0.4, 0.5) is 0 Å². The van der Waals surface area contributed by atoms with E-state index in [1.807, 2.05) is 0 Å². The lowest BCUT2D eigenvalue weighted by molar-refractivity contribution is 0.0131. The molecular formula is C14H28N2O. The van der Waals surface area contributed by atoms with E-state index in [9.17, 15) is 0 Å². The summed E-state index contributed by atoms with van der Waals surface area (Å²) in [4.78, 5) is 2.58. The molecule has 1 saturated heterocycles. The summed E-state index contributed by atoms with van der Waals surface area (Å²) in [6.07, 6.45) is 4.13. The lowest BCUT2D eigenvalue weighted by atomic mass is 9.68. The minimum atomic E-state index is 0.448. The Labute approximate surface area is 106 Å². The van der Waals surface area contributed by atoms with Gasteiger partial charge in [-0.15, -0.1) is 0 Å². The van der Waals surface area contributed by atoms with E-state index in [2.05, 4.69) is 31.1 Å². The van der Waals surface area contributed by atoms with Gasteiger partial charge in [0.1, 0.15) is 0 Å². The van der Waals surface area contributed by atoms with Gasteiger partial charge in [-0.1, -0.05) is 20.3 Å². The summed E-state index contributed by atoms with van der Waals surface area (Å²) in [5.74, 6) is 0.807. The van der Waals surface area contributed by atoms with Crippen molar-refractivity contribution < 1.29 is 4.74 Å². The first-order chi connectivity index (χ1) is 8.13. The number of morpholine rings is 1. The fourth-order valence-electron chi connectivity index (χ4n) is 3.72. The van der Waals surface area contributed by atoms with Crippen molar-refractivity contribution in [2.45, 2.75) is 39.2 Å². The quantitative estimate of drug-likeness (QED) is 0.813. The van der Waals surface area contributed by atoms with Crippen LogP contribution in [0, 0.1) is 11.3 Å². The average Bonchev–Trinajstić information content (AvgIpc) is 2.29. The van der Waals surface area contributed by atoms with E-state index in [4.69, 9.17) is 4.74 Å². The molecule has 0 aromatic rings. The van der Waals surface area contributed by atoms with Crippen molar-refractivity contribution in [2.75, 3.05) is 39.9 Å². The Balaban J connectivity index is 1.93. The van der Waals surface area contributed by atoms with Gasteiger partial charge in [0.25, 0.3) is 0 Å². The van der Waals surface area contributed by atoms with E-state index in [-0.39, 0.29) is 0 Å². The van der Waals surface area contributed by atoms with Crippen LogP contribution in [0.2, 0.25) is 0 Å². The monoisotopic (exact) mass is 240 g/mol. The van der Waals surface area contributed by atoms with Crippen molar-refractivity contribution in [1.29, 1.82) is 0 Å². The smallest absolute Gasteiger partial charge is 0.0594 e. The van der Waals surface area contributed by atoms with Crippen molar-refractivity contribution in [2.24, 2.45) is 11.3 Å². The van der Waals surface area contributed by atoms with E-state index >= 15 is 0 Å². The number of rotatable bonds is 3. The zero-order valence-corrected chi connectivity index (χ0v) is 11.7. The molecule has 1 heterocycles. The third-order valence-corrected chi connectivity index (χ3v) is 4.62. The standard InChI is InChI=1S/C14H28N2O/c1-14(2)6-4-5-12(13(14)15-3)11-16-7-9-17-10-8-16/h12-13,15H,4-11H2,1-3H3. The normalized spacial score (nSPS) is 34.8. The molecule has 0 bridgehead atoms. The molecule has 2 unspecified atom stereocenters. The molecule has 17 heavy (non-hydrogen) atoms. The van der Waals surface area contributed by atoms with Crippen molar-refractivity contribution in [3.63, 3.8) is 0 Å². The third kappa shape index (κ3) is 3.21. The molecule has 1 aliphatic carbocycles. The first kappa shape index (κ1) is 13.3. The highest BCUT2D eigenvalue weighted by molar-refractivity contribution is 4.93. The summed E-state index contributed by atoms with van der Waals surface area (Å²) in [5, 5.41) is 3.58. The topological polar surface area (TPSA) is 24.5 Å². The summed E-state index contributed by atoms with van der Waals surface area (Å²) < 4.78 is 5.43. The van der Waals surface area contributed by atoms with E-state index in [1.165, 1.54) is 25.8 Å². The van der Waals surface area contributed by atoms with Gasteiger partial charge in [0.05, 0.1) is 13.2 Å². The van der Waals surface area contributed by atoms with Gasteiger partial charge in [0, 0.05) is 25.7 Å². The molecule has 0 amide bonds. The highest BCUT2D eigenvalue weighted by Gasteiger charge is 2.38. The van der Waals surface area contributed by atoms with Crippen molar-refractivity contribution in [3.05, 3.63) is 0 Å². The van der Waals surface area contributed by atoms with Gasteiger partial charge in [-0.3, -0.25) is 4.90 Å². The fourth-order valence-corrected chi connectivity index (χ4v) is 3.72. The Morgan fingerprint density at radius 3 is 2.65 bits per heavy atom. The molecule has 2 fully saturated rings. The lowest BCUT2D eigenvalue weighted by Crippen LogP contribution is -2.52. The molecule has 3 nitrogen and oxygen atoms in total. The minimum absolute atomic E-state index is 0.448. The van der Waals surface area contributed by atoms with Gasteiger partial charge in [-0.2, -0.15) is 0 Å². The molecule has 0 radical (unpaired) electrons. The first-order valence-electron chi connectivity index (χ1n) is 7.11. The van der Waals surface area contributed by atoms with Gasteiger partial charge in [-0.05, 0) is 31.2 Å². The number of nitrogens with zero attached hydrogens (tertiary/aromatic N) is 1. The van der Waals surface area contributed by atoms with Crippen LogP contribution in [-0.2, 0) is 4.74 Å². The van der Waals surface area contributed by atoms with E-state index in [0.29, 0.717) is 11.5 Å². The third-order valence-electron chi connectivity index (χ3n) is 4.62. The molecule has 100 valence electrons. The second kappa shape index (κ2) is 5.68. The van der Waals surface area contributed by atoms with Crippen LogP contribution in [0.25, 0.3) is 0 Å². The van der Waals surface area contributed by atoms with Crippen molar-refractivity contribution in [3.8, 4) is 0 Å². The molecule has 0 aromatic carbocycles. The maximum absolute atomic E-state index is 5.43. The number of hydrogen-bond acceptors (Lipinski definition) is 3. The zero-order chi connectivity index (χ0) is 12.3. The molecule has 1 aliphatic heterocycles. The summed E-state index contributed by atoms with van der Waals surface area (Å²) in [6, 6.07) is 0.666. The maximum atomic E-state index is 5.43. The second-order valence-electron chi connectivity index (χ2n) is 6.32. The Hall–Kier alpha value is -0.120. The predicted molar refractivity (Wildman–Crippen MR) is 71.2 cm³/mol. The zero-order valence-electron chi connectivity index (χ0n) is 11.7. The van der Waals surface area contributed by atoms with Crippen LogP contribution in [-0.4, -0.2) is 50.8 Å². The Kier molecular flexibility index (Phi) is 4.45. The largest absolute Gasteiger partial charge is 0.379 e. The van der Waals surface area contributed by atoms with Crippen LogP contribution in [0.1, 0.15) is 33.1 Å². The van der Waals surface area contributed by atoms with E-state index in [1.54, 1.807) is 0 Å². The summed E-state index contributed by atoms with van der Waals surface area (Å²) in [5.41, 5.74) is 0.448. The molecule has 2 rings (SSSR count). The van der Waals surface area contributed by atoms with Crippen molar-refractivity contribution in [1.82, 2.24) is 10.2 Å². The molecule has 3 heteroatoms. The van der Waals surface area contributed by atoms with Crippen LogP contribution >= 0.6 is 0 Å². The highest BCUT2D eigenvalue weighted by atomic mass is 16.5. The number of nitrogens with one attached hydrogen (secondary N) is 1. The maximum Gasteiger partial charge on any atom is 0.0594 e. The van der Waals surface area contributed by atoms with E-state index < -0.39 is 0 Å². The van der Waals surface area contributed by atoms with Crippen LogP contribution in [0.3, 0.4) is 0 Å². The fraction of sp³-hybridized carbons (Fsp3) is 1.00. The lowest BCUT2D eigenvalue weighted by Gasteiger charge is -2.46. The predicted octanol–water partition coefficient (Wildman–Crippen LogP) is 1.73. The summed E-state index contributed by atoms with van der Waals surface area (Å²) in [7, 11) is 2.13. The van der Waals surface area contributed by atoms with Crippen LogP contribution in [0.5, 0.6) is 0 Å². The molecule has 0 spiro atoms. The molecule has 2 atom stereocenters. The average molecular weight is 240 g/mol. The van der Waals surface area contributed by atoms with Gasteiger partial charge >= 0.3 is 0 Å². The van der Waals surface area contributed by atoms with Gasteiger partial charge in [0.2, 0.25) is 0 Å². The second-order valence-corrected chi connectivity index (χ2v) is 6.32. The molecule has 2 aliphatic rings. The number of ether oxygens (including phenoxy) is 1. The molecule has 1 N–H and O–H groups in total. The van der Waals surface area contributed by atoms with E-state index in [0.717, 1.165) is 32.2 Å². The van der Waals surface area contributed by atoms with Gasteiger partial charge in [-0.25, -0.2) is 0 Å². The van der Waals surface area contributed by atoms with Crippen molar-refractivity contribution >= 4 is 0 Å². The minimum Gasteiger partial charge on any atom is -0.379 e. The molecule has 0 aromatic heterocycles. The first-order valence-corrected chi connectivity index (χ1v) is 7.11. The molecular weight excluding hydrogens is 212 g/mol. The van der Waals surface area contributed by atoms with Crippen LogP contribution < -0.4 is 5.32 Å². The highest BCUT2D eigenvalue weighted by Crippen LogP contribution is 2.39. The Morgan fingerprint density at radius 1 is 1.29 bits per heavy atom.